The van der Waals surface area contributed by atoms with Crippen LogP contribution in [0.5, 0.6) is 0 Å². The Labute approximate surface area is 87.6 Å². The number of hydrogen-bond acceptors (Lipinski definition) is 5. The van der Waals surface area contributed by atoms with Gasteiger partial charge >= 0.3 is 5.97 Å². The van der Waals surface area contributed by atoms with Crippen molar-refractivity contribution in [3.05, 3.63) is 0 Å². The van der Waals surface area contributed by atoms with E-state index in [9.17, 15) is 18.0 Å². The number of amides is 1. The van der Waals surface area contributed by atoms with Crippen LogP contribution in [0.15, 0.2) is 0 Å². The topological polar surface area (TPSA) is 127 Å². The van der Waals surface area contributed by atoms with Gasteiger partial charge in [-0.15, -0.1) is 0 Å². The number of carboxylic acids is 1. The van der Waals surface area contributed by atoms with Crippen molar-refractivity contribution in [2.75, 3.05) is 18.1 Å². The Bertz CT molecular complexity index is 337. The number of carboxylic acid groups (broad SMARTS) is 1. The van der Waals surface area contributed by atoms with Gasteiger partial charge in [-0.05, 0) is 0 Å². The van der Waals surface area contributed by atoms with Gasteiger partial charge < -0.3 is 16.2 Å². The van der Waals surface area contributed by atoms with E-state index in [4.69, 9.17) is 10.8 Å². The van der Waals surface area contributed by atoms with Crippen LogP contribution in [0, 0.1) is 0 Å². The molecule has 0 heterocycles. The standard InChI is InChI=1S/C7H14N2O5S/c1-5(10)9-2-3-15(13,14)4-6(8)7(11)12/h6H,2-4,8H2,1H3,(H,9,10)(H,11,12). The summed E-state index contributed by atoms with van der Waals surface area (Å²) in [5.74, 6) is -2.64. The van der Waals surface area contributed by atoms with Crippen LogP contribution >= 0.6 is 0 Å². The van der Waals surface area contributed by atoms with Gasteiger partial charge in [0, 0.05) is 13.5 Å². The predicted octanol–water partition coefficient (Wildman–Crippen LogP) is -2.05. The minimum Gasteiger partial charge on any atom is -0.480 e. The molecule has 0 radical (unpaired) electrons. The molecule has 0 aromatic carbocycles. The Balaban J connectivity index is 4.09. The second-order valence-corrected chi connectivity index (χ2v) is 5.27. The fraction of sp³-hybridized carbons (Fsp3) is 0.714. The van der Waals surface area contributed by atoms with Crippen LogP contribution in [-0.4, -0.2) is 49.5 Å². The maximum Gasteiger partial charge on any atom is 0.321 e. The van der Waals surface area contributed by atoms with Gasteiger partial charge in [-0.3, -0.25) is 9.59 Å². The normalized spacial score (nSPS) is 13.2. The lowest BCUT2D eigenvalue weighted by Crippen LogP contribution is -2.39. The molecule has 0 aromatic heterocycles. The van der Waals surface area contributed by atoms with Crippen molar-refractivity contribution in [3.8, 4) is 0 Å². The summed E-state index contributed by atoms with van der Waals surface area (Å²) in [5, 5.41) is 10.7. The van der Waals surface area contributed by atoms with E-state index in [-0.39, 0.29) is 18.2 Å². The molecule has 88 valence electrons. The lowest BCUT2D eigenvalue weighted by molar-refractivity contribution is -0.138. The average Bonchev–Trinajstić information content (AvgIpc) is 2.01. The number of carbonyl (C=O) groups excluding carboxylic acids is 1. The van der Waals surface area contributed by atoms with E-state index in [0.29, 0.717) is 0 Å². The summed E-state index contributed by atoms with van der Waals surface area (Å²) in [6, 6.07) is -1.42. The predicted molar refractivity (Wildman–Crippen MR) is 52.9 cm³/mol. The van der Waals surface area contributed by atoms with E-state index in [1.807, 2.05) is 0 Å². The highest BCUT2D eigenvalue weighted by Gasteiger charge is 2.21. The Kier molecular flexibility index (Phi) is 5.23. The molecule has 0 saturated heterocycles. The van der Waals surface area contributed by atoms with Crippen molar-refractivity contribution in [2.45, 2.75) is 13.0 Å². The molecule has 0 bridgehead atoms. The zero-order valence-corrected chi connectivity index (χ0v) is 9.08. The molecule has 4 N–H and O–H groups in total. The lowest BCUT2D eigenvalue weighted by atomic mass is 10.4. The molecule has 7 nitrogen and oxygen atoms in total. The van der Waals surface area contributed by atoms with Crippen molar-refractivity contribution in [1.82, 2.24) is 5.32 Å². The van der Waals surface area contributed by atoms with E-state index in [1.165, 1.54) is 6.92 Å². The SMILES string of the molecule is CC(=O)NCCS(=O)(=O)CC(N)C(=O)O. The zero-order chi connectivity index (χ0) is 12.1. The second-order valence-electron chi connectivity index (χ2n) is 3.04. The van der Waals surface area contributed by atoms with Gasteiger partial charge in [0.25, 0.3) is 0 Å². The molecule has 15 heavy (non-hydrogen) atoms. The molecule has 1 atom stereocenters. The van der Waals surface area contributed by atoms with Crippen LogP contribution in [0.25, 0.3) is 0 Å². The summed E-state index contributed by atoms with van der Waals surface area (Å²) in [4.78, 5) is 20.7. The summed E-state index contributed by atoms with van der Waals surface area (Å²) < 4.78 is 22.5. The summed E-state index contributed by atoms with van der Waals surface area (Å²) in [6.07, 6.45) is 0. The number of sulfone groups is 1. The third kappa shape index (κ3) is 6.86. The molecule has 1 unspecified atom stereocenters. The Morgan fingerprint density at radius 2 is 2.00 bits per heavy atom. The first-order valence-electron chi connectivity index (χ1n) is 4.18. The van der Waals surface area contributed by atoms with Gasteiger partial charge in [0.15, 0.2) is 9.84 Å². The van der Waals surface area contributed by atoms with Crippen LogP contribution in [0.1, 0.15) is 6.92 Å². The van der Waals surface area contributed by atoms with E-state index < -0.39 is 27.6 Å². The molecular formula is C7H14N2O5S. The zero-order valence-electron chi connectivity index (χ0n) is 8.26. The first kappa shape index (κ1) is 13.8. The molecule has 0 rings (SSSR count). The number of hydrogen-bond donors (Lipinski definition) is 3. The van der Waals surface area contributed by atoms with Crippen LogP contribution in [0.4, 0.5) is 0 Å². The summed E-state index contributed by atoms with van der Waals surface area (Å²) >= 11 is 0. The van der Waals surface area contributed by atoms with Crippen molar-refractivity contribution in [1.29, 1.82) is 0 Å². The molecule has 8 heteroatoms. The number of rotatable bonds is 6. The van der Waals surface area contributed by atoms with Gasteiger partial charge in [0.1, 0.15) is 6.04 Å². The molecule has 0 fully saturated rings. The molecule has 0 saturated carbocycles. The third-order valence-corrected chi connectivity index (χ3v) is 3.23. The van der Waals surface area contributed by atoms with Crippen molar-refractivity contribution >= 4 is 21.7 Å². The van der Waals surface area contributed by atoms with Crippen LogP contribution in [-0.2, 0) is 19.4 Å². The van der Waals surface area contributed by atoms with Gasteiger partial charge in [-0.1, -0.05) is 0 Å². The van der Waals surface area contributed by atoms with E-state index in [1.54, 1.807) is 0 Å². The van der Waals surface area contributed by atoms with E-state index >= 15 is 0 Å². The molecular weight excluding hydrogens is 224 g/mol. The minimum atomic E-state index is -3.54. The van der Waals surface area contributed by atoms with Crippen LogP contribution < -0.4 is 11.1 Å². The highest BCUT2D eigenvalue weighted by molar-refractivity contribution is 7.91. The average molecular weight is 238 g/mol. The molecule has 0 aromatic rings. The Morgan fingerprint density at radius 1 is 1.47 bits per heavy atom. The summed E-state index contributed by atoms with van der Waals surface area (Å²) in [6.45, 7) is 1.22. The van der Waals surface area contributed by atoms with E-state index in [0.717, 1.165) is 0 Å². The van der Waals surface area contributed by atoms with Crippen molar-refractivity contribution in [2.24, 2.45) is 5.73 Å². The minimum absolute atomic E-state index is 0.0377. The fourth-order valence-electron chi connectivity index (χ4n) is 0.811. The first-order chi connectivity index (χ1) is 6.74. The van der Waals surface area contributed by atoms with Crippen LogP contribution in [0.2, 0.25) is 0 Å². The lowest BCUT2D eigenvalue weighted by Gasteiger charge is -2.07. The number of carbonyl (C=O) groups is 2. The second kappa shape index (κ2) is 5.66. The third-order valence-electron chi connectivity index (χ3n) is 1.54. The van der Waals surface area contributed by atoms with Gasteiger partial charge in [0.2, 0.25) is 5.91 Å². The summed E-state index contributed by atoms with van der Waals surface area (Å²) in [5.41, 5.74) is 5.07. The number of nitrogens with two attached hydrogens (primary N) is 1. The maximum atomic E-state index is 11.2. The summed E-state index contributed by atoms with van der Waals surface area (Å²) in [7, 11) is -3.54. The van der Waals surface area contributed by atoms with Gasteiger partial charge in [0.05, 0.1) is 11.5 Å². The van der Waals surface area contributed by atoms with E-state index in [2.05, 4.69) is 5.32 Å². The molecule has 0 aliphatic carbocycles. The largest absolute Gasteiger partial charge is 0.480 e. The van der Waals surface area contributed by atoms with Crippen molar-refractivity contribution in [3.63, 3.8) is 0 Å². The van der Waals surface area contributed by atoms with Crippen molar-refractivity contribution < 1.29 is 23.1 Å². The fourth-order valence-corrected chi connectivity index (χ4v) is 2.08. The van der Waals surface area contributed by atoms with Crippen LogP contribution in [0.3, 0.4) is 0 Å². The molecule has 0 aliphatic heterocycles. The molecule has 0 aliphatic rings. The first-order valence-corrected chi connectivity index (χ1v) is 6.00. The molecule has 0 spiro atoms. The van der Waals surface area contributed by atoms with Gasteiger partial charge in [-0.25, -0.2) is 8.42 Å². The quantitative estimate of drug-likeness (QED) is 0.489. The highest BCUT2D eigenvalue weighted by atomic mass is 32.2. The van der Waals surface area contributed by atoms with Gasteiger partial charge in [-0.2, -0.15) is 0 Å². The Hall–Kier alpha value is -1.15. The molecule has 1 amide bonds. The Morgan fingerprint density at radius 3 is 2.40 bits per heavy atom. The number of aliphatic carboxylic acids is 1. The monoisotopic (exact) mass is 238 g/mol. The maximum absolute atomic E-state index is 11.2. The highest BCUT2D eigenvalue weighted by Crippen LogP contribution is 1.93. The number of nitrogens with one attached hydrogen (secondary N) is 1. The smallest absolute Gasteiger partial charge is 0.321 e.